The molecule has 0 saturated heterocycles. The summed E-state index contributed by atoms with van der Waals surface area (Å²) in [5.74, 6) is -0.303. The van der Waals surface area contributed by atoms with E-state index in [4.69, 9.17) is 0 Å². The first kappa shape index (κ1) is 27.6. The zero-order valence-corrected chi connectivity index (χ0v) is 23.3. The topological polar surface area (TPSA) is 86.8 Å². The Morgan fingerprint density at radius 3 is 2.45 bits per heavy atom. The monoisotopic (exact) mass is 535 g/mol. The highest BCUT2D eigenvalue weighted by Gasteiger charge is 2.35. The van der Waals surface area contributed by atoms with Gasteiger partial charge in [0.15, 0.2) is 0 Å². The van der Waals surface area contributed by atoms with Crippen LogP contribution in [0.15, 0.2) is 65.6 Å². The van der Waals surface area contributed by atoms with E-state index in [9.17, 15) is 18.0 Å². The van der Waals surface area contributed by atoms with Gasteiger partial charge in [-0.3, -0.25) is 13.9 Å². The van der Waals surface area contributed by atoms with E-state index in [1.165, 1.54) is 4.31 Å². The molecule has 7 nitrogen and oxygen atoms in total. The first-order valence-electron chi connectivity index (χ1n) is 13.4. The number of aryl methyl sites for hydroxylation is 1. The smallest absolute Gasteiger partial charge is 0.265 e. The fourth-order valence-corrected chi connectivity index (χ4v) is 6.90. The molecule has 0 unspecified atom stereocenters. The van der Waals surface area contributed by atoms with Gasteiger partial charge < -0.3 is 10.2 Å². The van der Waals surface area contributed by atoms with Crippen LogP contribution in [0.2, 0.25) is 0 Å². The lowest BCUT2D eigenvalue weighted by atomic mass is 10.1. The summed E-state index contributed by atoms with van der Waals surface area (Å²) in [6.07, 6.45) is 2.84. The lowest BCUT2D eigenvalue weighted by Gasteiger charge is -2.31. The number of carbonyl (C=O) groups is 2. The Morgan fingerprint density at radius 2 is 1.74 bits per heavy atom. The van der Waals surface area contributed by atoms with Crippen molar-refractivity contribution in [2.75, 3.05) is 17.4 Å². The van der Waals surface area contributed by atoms with Crippen LogP contribution in [-0.2, 0) is 26.2 Å². The molecule has 4 rings (SSSR count). The number of nitrogens with one attached hydrogen (secondary N) is 1. The van der Waals surface area contributed by atoms with Gasteiger partial charge in [0.05, 0.1) is 10.6 Å². The predicted octanol–water partition coefficient (Wildman–Crippen LogP) is 5.16. The third-order valence-electron chi connectivity index (χ3n) is 7.08. The molecule has 0 fully saturated rings. The quantitative estimate of drug-likeness (QED) is 0.325. The molecule has 3 aromatic carbocycles. The van der Waals surface area contributed by atoms with E-state index < -0.39 is 16.1 Å². The second-order valence-electron chi connectivity index (χ2n) is 9.89. The molecule has 0 radical (unpaired) electrons. The molecule has 1 aliphatic heterocycles. The number of hydrogen-bond donors (Lipinski definition) is 1. The van der Waals surface area contributed by atoms with Crippen molar-refractivity contribution < 1.29 is 18.0 Å². The van der Waals surface area contributed by atoms with Crippen LogP contribution in [0.3, 0.4) is 0 Å². The van der Waals surface area contributed by atoms with Crippen molar-refractivity contribution in [1.29, 1.82) is 0 Å². The molecule has 1 heterocycles. The molecule has 1 aliphatic rings. The minimum Gasteiger partial charge on any atom is -0.354 e. The highest BCUT2D eigenvalue weighted by molar-refractivity contribution is 7.93. The number of sulfonamides is 1. The molecule has 38 heavy (non-hydrogen) atoms. The number of amides is 2. The van der Waals surface area contributed by atoms with Crippen LogP contribution in [-0.4, -0.2) is 44.3 Å². The second kappa shape index (κ2) is 12.0. The van der Waals surface area contributed by atoms with E-state index in [0.717, 1.165) is 34.7 Å². The fourth-order valence-electron chi connectivity index (χ4n) is 5.15. The standard InChI is InChI=1S/C30H37N3O4S/c1-4-6-18-31-30(35)25(5-2)32(21-23-12-7-11-22(3)20-23)28(34)17-10-19-33-26-15-8-13-24-14-9-16-27(29(24)26)38(33,36)37/h7-9,11-16,20,25H,4-6,10,17-19,21H2,1-3H3,(H,31,35)/t25-/m0/s1. The molecule has 0 bridgehead atoms. The highest BCUT2D eigenvalue weighted by atomic mass is 32.2. The highest BCUT2D eigenvalue weighted by Crippen LogP contribution is 2.42. The van der Waals surface area contributed by atoms with Crippen LogP contribution in [0, 0.1) is 6.92 Å². The lowest BCUT2D eigenvalue weighted by Crippen LogP contribution is -2.49. The summed E-state index contributed by atoms with van der Waals surface area (Å²) in [5.41, 5.74) is 2.70. The maximum atomic E-state index is 13.6. The van der Waals surface area contributed by atoms with Crippen LogP contribution in [0.4, 0.5) is 5.69 Å². The maximum Gasteiger partial charge on any atom is 0.265 e. The van der Waals surface area contributed by atoms with Crippen molar-refractivity contribution in [2.45, 2.75) is 70.4 Å². The molecule has 1 N–H and O–H groups in total. The van der Waals surface area contributed by atoms with Crippen molar-refractivity contribution in [1.82, 2.24) is 10.2 Å². The number of hydrogen-bond acceptors (Lipinski definition) is 4. The van der Waals surface area contributed by atoms with Crippen LogP contribution >= 0.6 is 0 Å². The first-order chi connectivity index (χ1) is 18.3. The van der Waals surface area contributed by atoms with Crippen molar-refractivity contribution in [3.63, 3.8) is 0 Å². The first-order valence-corrected chi connectivity index (χ1v) is 14.9. The third kappa shape index (κ3) is 5.70. The summed E-state index contributed by atoms with van der Waals surface area (Å²) in [6, 6.07) is 18.2. The molecule has 8 heteroatoms. The summed E-state index contributed by atoms with van der Waals surface area (Å²) in [5, 5.41) is 4.59. The molecular formula is C30H37N3O4S. The molecule has 0 saturated carbocycles. The minimum atomic E-state index is -3.67. The number of unbranched alkanes of at least 4 members (excludes halogenated alkanes) is 1. The summed E-state index contributed by atoms with van der Waals surface area (Å²) in [6.45, 7) is 7.08. The summed E-state index contributed by atoms with van der Waals surface area (Å²) in [7, 11) is -3.67. The SMILES string of the molecule is CCCCNC(=O)[C@H](CC)N(Cc1cccc(C)c1)C(=O)CCCN1c2cccc3cccc(c23)S1(=O)=O. The molecule has 0 aliphatic carbocycles. The van der Waals surface area contributed by atoms with Crippen LogP contribution in [0.5, 0.6) is 0 Å². The van der Waals surface area contributed by atoms with E-state index >= 15 is 0 Å². The fraction of sp³-hybridized carbons (Fsp3) is 0.400. The van der Waals surface area contributed by atoms with Gasteiger partial charge >= 0.3 is 0 Å². The minimum absolute atomic E-state index is 0.142. The normalized spacial score (nSPS) is 14.4. The second-order valence-corrected chi connectivity index (χ2v) is 11.7. The Kier molecular flexibility index (Phi) is 8.72. The van der Waals surface area contributed by atoms with E-state index in [1.807, 2.05) is 62.4 Å². The number of rotatable bonds is 12. The molecule has 3 aromatic rings. The van der Waals surface area contributed by atoms with Crippen molar-refractivity contribution in [3.05, 3.63) is 71.8 Å². The predicted molar refractivity (Wildman–Crippen MR) is 151 cm³/mol. The van der Waals surface area contributed by atoms with Crippen molar-refractivity contribution in [2.24, 2.45) is 0 Å². The number of anilines is 1. The van der Waals surface area contributed by atoms with Crippen molar-refractivity contribution in [3.8, 4) is 0 Å². The van der Waals surface area contributed by atoms with Crippen LogP contribution in [0.1, 0.15) is 57.1 Å². The van der Waals surface area contributed by atoms with Gasteiger partial charge in [-0.05, 0) is 49.3 Å². The Balaban J connectivity index is 1.50. The Hall–Kier alpha value is -3.39. The summed E-state index contributed by atoms with van der Waals surface area (Å²) < 4.78 is 28.0. The van der Waals surface area contributed by atoms with Crippen LogP contribution < -0.4 is 9.62 Å². The molecule has 0 aromatic heterocycles. The Bertz CT molecular complexity index is 1410. The van der Waals surface area contributed by atoms with Gasteiger partial charge in [-0.15, -0.1) is 0 Å². The largest absolute Gasteiger partial charge is 0.354 e. The summed E-state index contributed by atoms with van der Waals surface area (Å²) >= 11 is 0. The van der Waals surface area contributed by atoms with Gasteiger partial charge in [0, 0.05) is 31.4 Å². The van der Waals surface area contributed by atoms with Gasteiger partial charge in [0.1, 0.15) is 6.04 Å². The molecular weight excluding hydrogens is 498 g/mol. The van der Waals surface area contributed by atoms with Gasteiger partial charge in [0.25, 0.3) is 10.0 Å². The van der Waals surface area contributed by atoms with E-state index in [1.54, 1.807) is 17.0 Å². The van der Waals surface area contributed by atoms with E-state index in [-0.39, 0.29) is 24.8 Å². The lowest BCUT2D eigenvalue weighted by molar-refractivity contribution is -0.141. The third-order valence-corrected chi connectivity index (χ3v) is 8.94. The average molecular weight is 536 g/mol. The Morgan fingerprint density at radius 1 is 1.00 bits per heavy atom. The number of carbonyl (C=O) groups excluding carboxylic acids is 2. The zero-order valence-electron chi connectivity index (χ0n) is 22.4. The van der Waals surface area contributed by atoms with Crippen molar-refractivity contribution >= 4 is 38.3 Å². The number of nitrogens with zero attached hydrogens (tertiary/aromatic N) is 2. The van der Waals surface area contributed by atoms with Crippen LogP contribution in [0.25, 0.3) is 10.8 Å². The molecule has 1 atom stereocenters. The average Bonchev–Trinajstić information content (AvgIpc) is 3.12. The zero-order chi connectivity index (χ0) is 27.3. The van der Waals surface area contributed by atoms with E-state index in [0.29, 0.717) is 36.5 Å². The molecule has 0 spiro atoms. The Labute approximate surface area is 225 Å². The van der Waals surface area contributed by atoms with Gasteiger partial charge in [-0.25, -0.2) is 8.42 Å². The van der Waals surface area contributed by atoms with Gasteiger partial charge in [0.2, 0.25) is 11.8 Å². The molecule has 2 amide bonds. The van der Waals surface area contributed by atoms with Gasteiger partial charge in [-0.2, -0.15) is 0 Å². The molecule has 202 valence electrons. The maximum absolute atomic E-state index is 13.6. The van der Waals surface area contributed by atoms with E-state index in [2.05, 4.69) is 12.2 Å². The number of benzene rings is 3. The van der Waals surface area contributed by atoms with Gasteiger partial charge in [-0.1, -0.05) is 74.4 Å². The summed E-state index contributed by atoms with van der Waals surface area (Å²) in [4.78, 5) is 28.6.